The van der Waals surface area contributed by atoms with Crippen molar-refractivity contribution in [2.24, 2.45) is 0 Å². The molecule has 1 N–H and O–H groups in total. The Morgan fingerprint density at radius 1 is 1.40 bits per heavy atom. The van der Waals surface area contributed by atoms with Gasteiger partial charge < -0.3 is 9.84 Å². The number of nitrogens with zero attached hydrogens (tertiary/aromatic N) is 1. The van der Waals surface area contributed by atoms with Crippen LogP contribution in [-0.4, -0.2) is 23.2 Å². The molecule has 2 aromatic rings. The number of carbonyl (C=O) groups is 1. The van der Waals surface area contributed by atoms with Gasteiger partial charge in [-0.2, -0.15) is 0 Å². The van der Waals surface area contributed by atoms with Crippen molar-refractivity contribution in [3.8, 4) is 5.75 Å². The lowest BCUT2D eigenvalue weighted by atomic mass is 10.2. The molecule has 0 unspecified atom stereocenters. The SMILES string of the molecule is COc1ccc(Br)cc1CSc1ccc(C(=O)O)cn1. The molecule has 6 heteroatoms. The zero-order valence-electron chi connectivity index (χ0n) is 10.7. The van der Waals surface area contributed by atoms with Crippen LogP contribution in [0.5, 0.6) is 5.75 Å². The first-order valence-corrected chi connectivity index (χ1v) is 7.52. The highest BCUT2D eigenvalue weighted by molar-refractivity contribution is 9.10. The highest BCUT2D eigenvalue weighted by atomic mass is 79.9. The molecule has 0 aliphatic rings. The molecule has 4 nitrogen and oxygen atoms in total. The second-order valence-corrected chi connectivity index (χ2v) is 5.85. The van der Waals surface area contributed by atoms with E-state index < -0.39 is 5.97 Å². The van der Waals surface area contributed by atoms with Crippen LogP contribution in [0.25, 0.3) is 0 Å². The van der Waals surface area contributed by atoms with Crippen molar-refractivity contribution in [1.82, 2.24) is 4.98 Å². The lowest BCUT2D eigenvalue weighted by Gasteiger charge is -2.08. The van der Waals surface area contributed by atoms with Gasteiger partial charge >= 0.3 is 5.97 Å². The predicted molar refractivity (Wildman–Crippen MR) is 81.5 cm³/mol. The Labute approximate surface area is 129 Å². The minimum Gasteiger partial charge on any atom is -0.496 e. The van der Waals surface area contributed by atoms with Gasteiger partial charge in [-0.1, -0.05) is 15.9 Å². The summed E-state index contributed by atoms with van der Waals surface area (Å²) >= 11 is 4.96. The topological polar surface area (TPSA) is 59.4 Å². The lowest BCUT2D eigenvalue weighted by molar-refractivity contribution is 0.0696. The number of rotatable bonds is 5. The van der Waals surface area contributed by atoms with Gasteiger partial charge in [0, 0.05) is 22.0 Å². The smallest absolute Gasteiger partial charge is 0.337 e. The molecule has 1 aromatic carbocycles. The molecule has 0 atom stereocenters. The van der Waals surface area contributed by atoms with E-state index in [1.165, 1.54) is 18.0 Å². The third kappa shape index (κ3) is 3.74. The van der Waals surface area contributed by atoms with E-state index in [0.29, 0.717) is 5.75 Å². The van der Waals surface area contributed by atoms with Crippen molar-refractivity contribution in [1.29, 1.82) is 0 Å². The molecule has 0 bridgehead atoms. The van der Waals surface area contributed by atoms with Crippen LogP contribution in [0.4, 0.5) is 0 Å². The van der Waals surface area contributed by atoms with Crippen molar-refractivity contribution in [3.63, 3.8) is 0 Å². The molecule has 0 spiro atoms. The fourth-order valence-electron chi connectivity index (χ4n) is 1.60. The van der Waals surface area contributed by atoms with E-state index in [9.17, 15) is 4.79 Å². The molecular formula is C14H12BrNO3S. The fraction of sp³-hybridized carbons (Fsp3) is 0.143. The van der Waals surface area contributed by atoms with Gasteiger partial charge in [0.1, 0.15) is 5.75 Å². The minimum absolute atomic E-state index is 0.189. The van der Waals surface area contributed by atoms with Crippen LogP contribution >= 0.6 is 27.7 Å². The molecule has 0 amide bonds. The molecule has 1 aromatic heterocycles. The van der Waals surface area contributed by atoms with Gasteiger partial charge in [0.15, 0.2) is 0 Å². The largest absolute Gasteiger partial charge is 0.496 e. The van der Waals surface area contributed by atoms with Crippen molar-refractivity contribution in [2.45, 2.75) is 10.8 Å². The summed E-state index contributed by atoms with van der Waals surface area (Å²) < 4.78 is 6.30. The number of ether oxygens (including phenoxy) is 1. The van der Waals surface area contributed by atoms with Crippen LogP contribution in [0.2, 0.25) is 0 Å². The summed E-state index contributed by atoms with van der Waals surface area (Å²) in [5.41, 5.74) is 1.24. The van der Waals surface area contributed by atoms with Gasteiger partial charge in [-0.3, -0.25) is 0 Å². The second kappa shape index (κ2) is 6.76. The maximum absolute atomic E-state index is 10.7. The summed E-state index contributed by atoms with van der Waals surface area (Å²) in [6, 6.07) is 9.08. The number of aromatic nitrogens is 1. The number of aromatic carboxylic acids is 1. The number of carboxylic acids is 1. The Hall–Kier alpha value is -1.53. The zero-order valence-corrected chi connectivity index (χ0v) is 13.1. The predicted octanol–water partition coefficient (Wildman–Crippen LogP) is 3.84. The molecule has 104 valence electrons. The number of benzene rings is 1. The number of pyridine rings is 1. The molecule has 0 fully saturated rings. The average molecular weight is 354 g/mol. The Bertz CT molecular complexity index is 616. The first-order valence-electron chi connectivity index (χ1n) is 5.74. The minimum atomic E-state index is -0.970. The molecular weight excluding hydrogens is 342 g/mol. The highest BCUT2D eigenvalue weighted by Crippen LogP contribution is 2.29. The molecule has 0 saturated carbocycles. The van der Waals surface area contributed by atoms with E-state index in [4.69, 9.17) is 9.84 Å². The van der Waals surface area contributed by atoms with E-state index >= 15 is 0 Å². The Kier molecular flexibility index (Phi) is 5.03. The summed E-state index contributed by atoms with van der Waals surface area (Å²) in [7, 11) is 1.64. The molecule has 0 aliphatic carbocycles. The summed E-state index contributed by atoms with van der Waals surface area (Å²) in [5.74, 6) is 0.549. The Balaban J connectivity index is 2.08. The number of carboxylic acid groups (broad SMARTS) is 1. The normalized spacial score (nSPS) is 10.3. The third-order valence-electron chi connectivity index (χ3n) is 2.60. The molecule has 2 rings (SSSR count). The lowest BCUT2D eigenvalue weighted by Crippen LogP contribution is -1.97. The first-order chi connectivity index (χ1) is 9.60. The number of methoxy groups -OCH3 is 1. The standard InChI is InChI=1S/C14H12BrNO3S/c1-19-12-4-3-11(15)6-10(12)8-20-13-5-2-9(7-16-13)14(17)18/h2-7H,8H2,1H3,(H,17,18). The van der Waals surface area contributed by atoms with Crippen LogP contribution in [-0.2, 0) is 5.75 Å². The van der Waals surface area contributed by atoms with Crippen molar-refractivity contribution in [2.75, 3.05) is 7.11 Å². The van der Waals surface area contributed by atoms with Gasteiger partial charge in [-0.05, 0) is 30.3 Å². The van der Waals surface area contributed by atoms with Crippen LogP contribution in [0.15, 0.2) is 46.0 Å². The maximum Gasteiger partial charge on any atom is 0.337 e. The second-order valence-electron chi connectivity index (χ2n) is 3.94. The van der Waals surface area contributed by atoms with E-state index in [2.05, 4.69) is 20.9 Å². The first kappa shape index (κ1) is 14.9. The maximum atomic E-state index is 10.7. The van der Waals surface area contributed by atoms with Crippen LogP contribution in [0, 0.1) is 0 Å². The van der Waals surface area contributed by atoms with Crippen LogP contribution in [0.3, 0.4) is 0 Å². The quantitative estimate of drug-likeness (QED) is 0.827. The summed E-state index contributed by atoms with van der Waals surface area (Å²) in [4.78, 5) is 14.9. The zero-order chi connectivity index (χ0) is 14.5. The van der Waals surface area contributed by atoms with E-state index in [1.54, 1.807) is 19.2 Å². The van der Waals surface area contributed by atoms with E-state index in [-0.39, 0.29) is 5.56 Å². The molecule has 1 heterocycles. The summed E-state index contributed by atoms with van der Waals surface area (Å²) in [6.45, 7) is 0. The van der Waals surface area contributed by atoms with E-state index in [0.717, 1.165) is 20.8 Å². The monoisotopic (exact) mass is 353 g/mol. The Morgan fingerprint density at radius 3 is 2.80 bits per heavy atom. The van der Waals surface area contributed by atoms with E-state index in [1.807, 2.05) is 18.2 Å². The highest BCUT2D eigenvalue weighted by Gasteiger charge is 2.07. The van der Waals surface area contributed by atoms with Gasteiger partial charge in [-0.15, -0.1) is 11.8 Å². The van der Waals surface area contributed by atoms with Crippen molar-refractivity contribution >= 4 is 33.7 Å². The molecule has 0 saturated heterocycles. The Morgan fingerprint density at radius 2 is 2.20 bits per heavy atom. The van der Waals surface area contributed by atoms with Crippen LogP contribution in [0.1, 0.15) is 15.9 Å². The van der Waals surface area contributed by atoms with Gasteiger partial charge in [0.05, 0.1) is 17.7 Å². The molecule has 0 radical (unpaired) electrons. The van der Waals surface area contributed by atoms with Gasteiger partial charge in [-0.25, -0.2) is 9.78 Å². The number of halogens is 1. The van der Waals surface area contributed by atoms with Crippen molar-refractivity contribution < 1.29 is 14.6 Å². The van der Waals surface area contributed by atoms with Crippen molar-refractivity contribution in [3.05, 3.63) is 52.1 Å². The number of hydrogen-bond acceptors (Lipinski definition) is 4. The number of thioether (sulfide) groups is 1. The van der Waals surface area contributed by atoms with Gasteiger partial charge in [0.2, 0.25) is 0 Å². The summed E-state index contributed by atoms with van der Waals surface area (Å²) in [5, 5.41) is 9.59. The van der Waals surface area contributed by atoms with Gasteiger partial charge in [0.25, 0.3) is 0 Å². The van der Waals surface area contributed by atoms with Crippen LogP contribution < -0.4 is 4.74 Å². The molecule has 0 aliphatic heterocycles. The number of hydrogen-bond donors (Lipinski definition) is 1. The average Bonchev–Trinajstić information content (AvgIpc) is 2.45. The summed E-state index contributed by atoms with van der Waals surface area (Å²) in [6.07, 6.45) is 1.36. The fourth-order valence-corrected chi connectivity index (χ4v) is 2.83. The third-order valence-corrected chi connectivity index (χ3v) is 4.09. The molecule has 20 heavy (non-hydrogen) atoms.